The number of unbranched alkanes of at least 4 members (excludes halogenated alkanes) is 41. The summed E-state index contributed by atoms with van der Waals surface area (Å²) in [5.41, 5.74) is 0. The fourth-order valence-corrected chi connectivity index (χ4v) is 9.10. The molecule has 0 unspecified atom stereocenters. The highest BCUT2D eigenvalue weighted by atomic mass is 16.6. The van der Waals surface area contributed by atoms with Crippen molar-refractivity contribution >= 4 is 17.9 Å². The zero-order chi connectivity index (χ0) is 47.4. The molecule has 0 aromatic heterocycles. The van der Waals surface area contributed by atoms with E-state index in [1.807, 2.05) is 0 Å². The van der Waals surface area contributed by atoms with Gasteiger partial charge in [0.2, 0.25) is 0 Å². The van der Waals surface area contributed by atoms with E-state index in [1.165, 1.54) is 231 Å². The summed E-state index contributed by atoms with van der Waals surface area (Å²) in [5, 5.41) is 0. The van der Waals surface area contributed by atoms with Crippen LogP contribution in [0, 0.1) is 5.92 Å². The van der Waals surface area contributed by atoms with Gasteiger partial charge in [0.15, 0.2) is 6.10 Å². The second-order valence-electron chi connectivity index (χ2n) is 20.8. The van der Waals surface area contributed by atoms with Gasteiger partial charge in [0.05, 0.1) is 0 Å². The predicted octanol–water partition coefficient (Wildman–Crippen LogP) is 19.4. The van der Waals surface area contributed by atoms with E-state index in [-0.39, 0.29) is 31.1 Å². The molecular formula is C59H114O6. The van der Waals surface area contributed by atoms with Crippen molar-refractivity contribution in [2.45, 2.75) is 342 Å². The molecule has 6 heteroatoms. The van der Waals surface area contributed by atoms with E-state index in [2.05, 4.69) is 27.7 Å². The van der Waals surface area contributed by atoms with Crippen molar-refractivity contribution in [3.05, 3.63) is 0 Å². The van der Waals surface area contributed by atoms with Crippen molar-refractivity contribution in [3.8, 4) is 0 Å². The molecule has 0 aliphatic rings. The van der Waals surface area contributed by atoms with Crippen LogP contribution in [0.1, 0.15) is 336 Å². The summed E-state index contributed by atoms with van der Waals surface area (Å²) in [5.74, 6) is 0.0245. The summed E-state index contributed by atoms with van der Waals surface area (Å²) >= 11 is 0. The summed E-state index contributed by atoms with van der Waals surface area (Å²) < 4.78 is 16.9. The predicted molar refractivity (Wildman–Crippen MR) is 280 cm³/mol. The van der Waals surface area contributed by atoms with Gasteiger partial charge in [-0.3, -0.25) is 14.4 Å². The molecule has 0 aliphatic carbocycles. The van der Waals surface area contributed by atoms with Gasteiger partial charge in [0.1, 0.15) is 13.2 Å². The van der Waals surface area contributed by atoms with Crippen LogP contribution in [0.3, 0.4) is 0 Å². The summed E-state index contributed by atoms with van der Waals surface area (Å²) in [6.45, 7) is 9.07. The van der Waals surface area contributed by atoms with Gasteiger partial charge in [-0.2, -0.15) is 0 Å². The topological polar surface area (TPSA) is 78.9 Å². The molecule has 0 radical (unpaired) electrons. The number of hydrogen-bond donors (Lipinski definition) is 0. The van der Waals surface area contributed by atoms with E-state index in [9.17, 15) is 14.4 Å². The maximum Gasteiger partial charge on any atom is 0.306 e. The number of rotatable bonds is 54. The van der Waals surface area contributed by atoms with Crippen molar-refractivity contribution in [1.82, 2.24) is 0 Å². The first-order valence-corrected chi connectivity index (χ1v) is 29.4. The first kappa shape index (κ1) is 63.4. The van der Waals surface area contributed by atoms with Crippen LogP contribution in [0.4, 0.5) is 0 Å². The molecule has 0 saturated carbocycles. The van der Waals surface area contributed by atoms with E-state index in [0.29, 0.717) is 19.3 Å². The van der Waals surface area contributed by atoms with Gasteiger partial charge in [-0.25, -0.2) is 0 Å². The molecule has 1 atom stereocenters. The first-order valence-electron chi connectivity index (χ1n) is 29.4. The molecule has 0 amide bonds. The Morgan fingerprint density at radius 1 is 0.292 bits per heavy atom. The van der Waals surface area contributed by atoms with Crippen LogP contribution in [-0.2, 0) is 28.6 Å². The third-order valence-corrected chi connectivity index (χ3v) is 13.5. The molecule has 0 N–H and O–H groups in total. The fraction of sp³-hybridized carbons (Fsp3) is 0.949. The Balaban J connectivity index is 4.22. The van der Waals surface area contributed by atoms with Gasteiger partial charge in [0.25, 0.3) is 0 Å². The number of esters is 3. The Kier molecular flexibility index (Phi) is 52.1. The van der Waals surface area contributed by atoms with Crippen molar-refractivity contribution < 1.29 is 28.6 Å². The molecule has 0 saturated heterocycles. The van der Waals surface area contributed by atoms with Crippen LogP contribution in [0.25, 0.3) is 0 Å². The van der Waals surface area contributed by atoms with Crippen LogP contribution in [-0.4, -0.2) is 37.2 Å². The van der Waals surface area contributed by atoms with Crippen LogP contribution in [0.2, 0.25) is 0 Å². The smallest absolute Gasteiger partial charge is 0.306 e. The average molecular weight is 920 g/mol. The molecule has 0 rings (SSSR count). The monoisotopic (exact) mass is 919 g/mol. The quantitative estimate of drug-likeness (QED) is 0.0344. The molecule has 386 valence electrons. The van der Waals surface area contributed by atoms with E-state index in [1.54, 1.807) is 0 Å². The molecule has 0 aliphatic heterocycles. The third kappa shape index (κ3) is 53.2. The van der Waals surface area contributed by atoms with Gasteiger partial charge < -0.3 is 14.2 Å². The molecule has 0 heterocycles. The highest BCUT2D eigenvalue weighted by molar-refractivity contribution is 5.71. The summed E-state index contributed by atoms with van der Waals surface area (Å²) in [6.07, 6.45) is 58.1. The zero-order valence-corrected chi connectivity index (χ0v) is 44.5. The molecule has 65 heavy (non-hydrogen) atoms. The Hall–Kier alpha value is -1.59. The Morgan fingerprint density at radius 2 is 0.508 bits per heavy atom. The molecular weight excluding hydrogens is 805 g/mol. The lowest BCUT2D eigenvalue weighted by atomic mass is 10.0. The largest absolute Gasteiger partial charge is 0.462 e. The first-order chi connectivity index (χ1) is 31.9. The summed E-state index contributed by atoms with van der Waals surface area (Å²) in [7, 11) is 0. The van der Waals surface area contributed by atoms with Crippen LogP contribution in [0.5, 0.6) is 0 Å². The highest BCUT2D eigenvalue weighted by Gasteiger charge is 2.19. The second-order valence-corrected chi connectivity index (χ2v) is 20.8. The zero-order valence-electron chi connectivity index (χ0n) is 44.5. The van der Waals surface area contributed by atoms with E-state index in [4.69, 9.17) is 14.2 Å². The standard InChI is InChI=1S/C59H114O6/c1-5-7-9-11-13-15-17-19-27-31-34-38-42-46-50-57(60)63-53-56(65-59(62)52-48-44-40-36-30-18-16-14-12-10-8-6-2)54-64-58(61)51-47-43-39-35-32-28-25-23-21-20-22-24-26-29-33-37-41-45-49-55(3)4/h55-56H,5-54H2,1-4H3/t56-/m0/s1. The van der Waals surface area contributed by atoms with Gasteiger partial charge in [-0.05, 0) is 25.2 Å². The third-order valence-electron chi connectivity index (χ3n) is 13.5. The molecule has 6 nitrogen and oxygen atoms in total. The normalized spacial score (nSPS) is 12.0. The molecule has 0 aromatic rings. The maximum atomic E-state index is 12.8. The van der Waals surface area contributed by atoms with Gasteiger partial charge in [-0.15, -0.1) is 0 Å². The number of ether oxygens (including phenoxy) is 3. The van der Waals surface area contributed by atoms with Crippen LogP contribution in [0.15, 0.2) is 0 Å². The fourth-order valence-electron chi connectivity index (χ4n) is 9.10. The SMILES string of the molecule is CCCCCCCCCCCCCCCCC(=O)OC[C@@H](COC(=O)CCCCCCCCCCCCCCCCCCCCC(C)C)OC(=O)CCCCCCCCCCCCCC. The minimum atomic E-state index is -0.761. The van der Waals surface area contributed by atoms with Gasteiger partial charge in [0, 0.05) is 19.3 Å². The lowest BCUT2D eigenvalue weighted by Crippen LogP contribution is -2.30. The molecule has 0 fully saturated rings. The maximum absolute atomic E-state index is 12.8. The number of carbonyl (C=O) groups excluding carboxylic acids is 3. The lowest BCUT2D eigenvalue weighted by Gasteiger charge is -2.18. The summed E-state index contributed by atoms with van der Waals surface area (Å²) in [6, 6.07) is 0. The number of hydrogen-bond acceptors (Lipinski definition) is 6. The Labute approximate surface area is 406 Å². The minimum absolute atomic E-state index is 0.0617. The Bertz CT molecular complexity index is 980. The van der Waals surface area contributed by atoms with Crippen molar-refractivity contribution in [2.75, 3.05) is 13.2 Å². The molecule has 0 spiro atoms. The lowest BCUT2D eigenvalue weighted by molar-refractivity contribution is -0.167. The summed E-state index contributed by atoms with van der Waals surface area (Å²) in [4.78, 5) is 38.1. The van der Waals surface area contributed by atoms with Crippen molar-refractivity contribution in [1.29, 1.82) is 0 Å². The minimum Gasteiger partial charge on any atom is -0.462 e. The van der Waals surface area contributed by atoms with Crippen LogP contribution < -0.4 is 0 Å². The van der Waals surface area contributed by atoms with Gasteiger partial charge >= 0.3 is 17.9 Å². The van der Waals surface area contributed by atoms with Crippen molar-refractivity contribution in [2.24, 2.45) is 5.92 Å². The Morgan fingerprint density at radius 3 is 0.754 bits per heavy atom. The number of carbonyl (C=O) groups is 3. The van der Waals surface area contributed by atoms with Crippen molar-refractivity contribution in [3.63, 3.8) is 0 Å². The molecule has 0 aromatic carbocycles. The molecule has 0 bridgehead atoms. The van der Waals surface area contributed by atoms with Crippen LogP contribution >= 0.6 is 0 Å². The van der Waals surface area contributed by atoms with Gasteiger partial charge in [-0.1, -0.05) is 297 Å². The second kappa shape index (κ2) is 53.4. The van der Waals surface area contributed by atoms with E-state index < -0.39 is 6.10 Å². The average Bonchev–Trinajstić information content (AvgIpc) is 3.29. The van der Waals surface area contributed by atoms with E-state index >= 15 is 0 Å². The van der Waals surface area contributed by atoms with E-state index in [0.717, 1.165) is 63.7 Å². The highest BCUT2D eigenvalue weighted by Crippen LogP contribution is 2.18.